The lowest BCUT2D eigenvalue weighted by atomic mass is 10.2. The summed E-state index contributed by atoms with van der Waals surface area (Å²) in [5, 5.41) is 1.77. The Kier molecular flexibility index (Phi) is 3.52. The molecule has 4 rings (SSSR count). The lowest BCUT2D eigenvalue weighted by Crippen LogP contribution is -2.08. The Morgan fingerprint density at radius 2 is 1.43 bits per heavy atom. The van der Waals surface area contributed by atoms with Crippen molar-refractivity contribution in [3.63, 3.8) is 0 Å². The Labute approximate surface area is 139 Å². The van der Waals surface area contributed by atoms with Crippen LogP contribution in [0.1, 0.15) is 0 Å². The molecule has 0 unspecified atom stereocenters. The van der Waals surface area contributed by atoms with Crippen LogP contribution in [0.2, 0.25) is 5.02 Å². The summed E-state index contributed by atoms with van der Waals surface area (Å²) in [4.78, 5) is 2.06. The Balaban J connectivity index is 1.91. The van der Waals surface area contributed by atoms with Gasteiger partial charge >= 0.3 is 0 Å². The van der Waals surface area contributed by atoms with Gasteiger partial charge in [-0.1, -0.05) is 54.1 Å². The molecule has 0 radical (unpaired) electrons. The summed E-state index contributed by atoms with van der Waals surface area (Å²) in [6, 6.07) is 27.9. The summed E-state index contributed by atoms with van der Waals surface area (Å²) in [6.45, 7) is 0. The quantitative estimate of drug-likeness (QED) is 0.425. The van der Waals surface area contributed by atoms with Crippen molar-refractivity contribution in [2.45, 2.75) is 0 Å². The minimum absolute atomic E-state index is 0.694. The van der Waals surface area contributed by atoms with Crippen molar-refractivity contribution < 1.29 is 4.42 Å². The molecule has 2 nitrogen and oxygen atoms in total. The van der Waals surface area contributed by atoms with Crippen molar-refractivity contribution in [2.75, 3.05) is 4.90 Å². The van der Waals surface area contributed by atoms with Gasteiger partial charge < -0.3 is 4.42 Å². The summed E-state index contributed by atoms with van der Waals surface area (Å²) < 4.78 is 6.06. The molecule has 0 saturated carbocycles. The first-order valence-corrected chi connectivity index (χ1v) is 7.78. The molecule has 1 aromatic heterocycles. The van der Waals surface area contributed by atoms with Crippen LogP contribution >= 0.6 is 11.6 Å². The third-order valence-corrected chi connectivity index (χ3v) is 3.95. The summed E-state index contributed by atoms with van der Waals surface area (Å²) >= 11 is 6.19. The van der Waals surface area contributed by atoms with Crippen LogP contribution in [0, 0.1) is 0 Å². The maximum absolute atomic E-state index is 6.19. The van der Waals surface area contributed by atoms with E-state index in [0.29, 0.717) is 5.02 Å². The molecule has 0 aliphatic rings. The van der Waals surface area contributed by atoms with Crippen LogP contribution < -0.4 is 4.90 Å². The van der Waals surface area contributed by atoms with Crippen molar-refractivity contribution in [1.82, 2.24) is 0 Å². The van der Waals surface area contributed by atoms with E-state index in [-0.39, 0.29) is 0 Å². The minimum Gasteiger partial charge on any atom is -0.440 e. The maximum atomic E-state index is 6.19. The molecular weight excluding hydrogens is 306 g/mol. The predicted molar refractivity (Wildman–Crippen MR) is 95.9 cm³/mol. The fourth-order valence-corrected chi connectivity index (χ4v) is 2.86. The minimum atomic E-state index is 0.694. The third kappa shape index (κ3) is 2.69. The van der Waals surface area contributed by atoms with Gasteiger partial charge in [-0.25, -0.2) is 0 Å². The number of para-hydroxylation sites is 2. The topological polar surface area (TPSA) is 16.4 Å². The van der Waals surface area contributed by atoms with E-state index in [4.69, 9.17) is 16.0 Å². The zero-order chi connectivity index (χ0) is 15.6. The first-order valence-electron chi connectivity index (χ1n) is 7.40. The molecular formula is C20H14ClNO. The van der Waals surface area contributed by atoms with Gasteiger partial charge in [-0.15, -0.1) is 0 Å². The van der Waals surface area contributed by atoms with Crippen LogP contribution in [0.25, 0.3) is 11.0 Å². The van der Waals surface area contributed by atoms with Crippen LogP contribution in [0.3, 0.4) is 0 Å². The Morgan fingerprint density at radius 1 is 0.696 bits per heavy atom. The van der Waals surface area contributed by atoms with E-state index < -0.39 is 0 Å². The molecule has 3 aromatic carbocycles. The molecule has 4 aromatic rings. The third-order valence-electron chi connectivity index (χ3n) is 3.71. The van der Waals surface area contributed by atoms with Gasteiger partial charge in [-0.3, -0.25) is 4.90 Å². The maximum Gasteiger partial charge on any atom is 0.205 e. The van der Waals surface area contributed by atoms with Crippen LogP contribution in [-0.2, 0) is 0 Å². The number of halogens is 1. The van der Waals surface area contributed by atoms with E-state index in [2.05, 4.69) is 4.90 Å². The molecule has 0 bridgehead atoms. The van der Waals surface area contributed by atoms with Crippen molar-refractivity contribution in [3.05, 3.63) is 90.0 Å². The number of hydrogen-bond donors (Lipinski definition) is 0. The van der Waals surface area contributed by atoms with E-state index >= 15 is 0 Å². The average Bonchev–Trinajstić information content (AvgIpc) is 2.99. The zero-order valence-electron chi connectivity index (χ0n) is 12.3. The summed E-state index contributed by atoms with van der Waals surface area (Å²) in [5.74, 6) is 0.764. The van der Waals surface area contributed by atoms with Gasteiger partial charge in [0.2, 0.25) is 5.88 Å². The largest absolute Gasteiger partial charge is 0.440 e. The molecule has 0 saturated heterocycles. The molecule has 112 valence electrons. The second kappa shape index (κ2) is 5.82. The molecule has 0 N–H and O–H groups in total. The lowest BCUT2D eigenvalue weighted by Gasteiger charge is -2.22. The first kappa shape index (κ1) is 13.9. The van der Waals surface area contributed by atoms with Crippen LogP contribution in [0.4, 0.5) is 17.3 Å². The number of fused-ring (bicyclic) bond motifs is 1. The van der Waals surface area contributed by atoms with Gasteiger partial charge in [0.05, 0.1) is 5.69 Å². The molecule has 23 heavy (non-hydrogen) atoms. The molecule has 0 atom stereocenters. The highest BCUT2D eigenvalue weighted by Gasteiger charge is 2.16. The van der Waals surface area contributed by atoms with Gasteiger partial charge in [0.1, 0.15) is 5.58 Å². The molecule has 3 heteroatoms. The summed E-state index contributed by atoms with van der Waals surface area (Å²) in [7, 11) is 0. The number of rotatable bonds is 3. The molecule has 0 fully saturated rings. The van der Waals surface area contributed by atoms with Crippen LogP contribution in [0.15, 0.2) is 89.3 Å². The SMILES string of the molecule is Clc1cccc(N(c2ccccc2)c2cc3ccccc3o2)c1. The van der Waals surface area contributed by atoms with E-state index in [1.807, 2.05) is 84.9 Å². The Bertz CT molecular complexity index is 913. The van der Waals surface area contributed by atoms with Crippen molar-refractivity contribution in [2.24, 2.45) is 0 Å². The highest BCUT2D eigenvalue weighted by atomic mass is 35.5. The normalized spacial score (nSPS) is 10.8. The van der Waals surface area contributed by atoms with Crippen molar-refractivity contribution in [3.8, 4) is 0 Å². The first-order chi connectivity index (χ1) is 11.3. The molecule has 0 amide bonds. The monoisotopic (exact) mass is 319 g/mol. The highest BCUT2D eigenvalue weighted by Crippen LogP contribution is 2.38. The van der Waals surface area contributed by atoms with Crippen LogP contribution in [0.5, 0.6) is 0 Å². The number of furan rings is 1. The molecule has 1 heterocycles. The predicted octanol–water partition coefficient (Wildman–Crippen LogP) is 6.56. The van der Waals surface area contributed by atoms with Gasteiger partial charge in [0, 0.05) is 22.2 Å². The number of hydrogen-bond acceptors (Lipinski definition) is 2. The summed E-state index contributed by atoms with van der Waals surface area (Å²) in [6.07, 6.45) is 0. The molecule has 0 aliphatic heterocycles. The van der Waals surface area contributed by atoms with Crippen molar-refractivity contribution in [1.29, 1.82) is 0 Å². The van der Waals surface area contributed by atoms with E-state index in [1.165, 1.54) is 0 Å². The van der Waals surface area contributed by atoms with Gasteiger partial charge in [0.15, 0.2) is 0 Å². The van der Waals surface area contributed by atoms with E-state index in [0.717, 1.165) is 28.2 Å². The summed E-state index contributed by atoms with van der Waals surface area (Å²) in [5.41, 5.74) is 2.85. The average molecular weight is 320 g/mol. The zero-order valence-corrected chi connectivity index (χ0v) is 13.1. The Hall–Kier alpha value is -2.71. The van der Waals surface area contributed by atoms with Gasteiger partial charge in [-0.05, 0) is 36.4 Å². The second-order valence-corrected chi connectivity index (χ2v) is 5.71. The van der Waals surface area contributed by atoms with Crippen molar-refractivity contribution >= 4 is 39.8 Å². The Morgan fingerprint density at radius 3 is 2.22 bits per heavy atom. The smallest absolute Gasteiger partial charge is 0.205 e. The number of benzene rings is 3. The lowest BCUT2D eigenvalue weighted by molar-refractivity contribution is 0.621. The fourth-order valence-electron chi connectivity index (χ4n) is 2.67. The molecule has 0 spiro atoms. The van der Waals surface area contributed by atoms with Crippen LogP contribution in [-0.4, -0.2) is 0 Å². The number of anilines is 3. The highest BCUT2D eigenvalue weighted by molar-refractivity contribution is 6.30. The molecule has 0 aliphatic carbocycles. The standard InChI is InChI=1S/C20H14ClNO/c21-16-8-6-11-18(14-16)22(17-9-2-1-3-10-17)20-13-15-7-4-5-12-19(15)23-20/h1-14H. The second-order valence-electron chi connectivity index (χ2n) is 5.27. The van der Waals surface area contributed by atoms with E-state index in [9.17, 15) is 0 Å². The number of nitrogens with zero attached hydrogens (tertiary/aromatic N) is 1. The van der Waals surface area contributed by atoms with E-state index in [1.54, 1.807) is 0 Å². The van der Waals surface area contributed by atoms with Gasteiger partial charge in [0.25, 0.3) is 0 Å². The fraction of sp³-hybridized carbons (Fsp3) is 0. The van der Waals surface area contributed by atoms with Gasteiger partial charge in [-0.2, -0.15) is 0 Å².